The van der Waals surface area contributed by atoms with Gasteiger partial charge in [0.15, 0.2) is 5.03 Å². The van der Waals surface area contributed by atoms with Crippen LogP contribution < -0.4 is 14.5 Å². The second-order valence-corrected chi connectivity index (χ2v) is 11.2. The molecule has 172 valence electrons. The highest BCUT2D eigenvalue weighted by Crippen LogP contribution is 2.37. The third-order valence-electron chi connectivity index (χ3n) is 6.42. The molecule has 0 spiro atoms. The monoisotopic (exact) mass is 457 g/mol. The Morgan fingerprint density at radius 2 is 1.97 bits per heavy atom. The van der Waals surface area contributed by atoms with Crippen molar-refractivity contribution in [1.82, 2.24) is 14.7 Å². The van der Waals surface area contributed by atoms with Crippen LogP contribution in [0.4, 0.5) is 11.6 Å². The number of rotatable bonds is 5. The molecule has 32 heavy (non-hydrogen) atoms. The number of nitrogens with zero attached hydrogens (tertiary/aromatic N) is 4. The first-order valence-corrected chi connectivity index (χ1v) is 12.6. The zero-order valence-corrected chi connectivity index (χ0v) is 19.9. The maximum absolute atomic E-state index is 13.1. The summed E-state index contributed by atoms with van der Waals surface area (Å²) < 4.78 is 28.3. The first-order chi connectivity index (χ1) is 15.1. The Kier molecular flexibility index (Phi) is 5.87. The van der Waals surface area contributed by atoms with Gasteiger partial charge in [0, 0.05) is 30.9 Å². The van der Waals surface area contributed by atoms with Crippen LogP contribution in [0.15, 0.2) is 41.6 Å². The van der Waals surface area contributed by atoms with Gasteiger partial charge in [-0.05, 0) is 70.2 Å². The Morgan fingerprint density at radius 3 is 2.62 bits per heavy atom. The lowest BCUT2D eigenvalue weighted by Gasteiger charge is -2.33. The summed E-state index contributed by atoms with van der Waals surface area (Å²) in [4.78, 5) is 26.1. The summed E-state index contributed by atoms with van der Waals surface area (Å²) >= 11 is 0. The minimum Gasteiger partial charge on any atom is -0.354 e. The van der Waals surface area contributed by atoms with Crippen molar-refractivity contribution in [3.05, 3.63) is 42.1 Å². The predicted molar refractivity (Wildman–Crippen MR) is 124 cm³/mol. The van der Waals surface area contributed by atoms with Crippen LogP contribution in [-0.2, 0) is 10.0 Å². The van der Waals surface area contributed by atoms with Crippen LogP contribution in [0.3, 0.4) is 0 Å². The SMILES string of the molecule is CC1CN(c2ncccc2C(=O)NS(=O)(=O)c2cccc(N3CCCC3C)n2)C(C)(C)C1. The Hall–Kier alpha value is -2.68. The number of nitrogens with one attached hydrogen (secondary N) is 1. The van der Waals surface area contributed by atoms with Gasteiger partial charge in [-0.25, -0.2) is 14.7 Å². The summed E-state index contributed by atoms with van der Waals surface area (Å²) in [7, 11) is -4.14. The number of hydrogen-bond donors (Lipinski definition) is 1. The van der Waals surface area contributed by atoms with Gasteiger partial charge in [0.1, 0.15) is 11.6 Å². The molecule has 0 saturated carbocycles. The molecular formula is C23H31N5O3S. The van der Waals surface area contributed by atoms with Crippen LogP contribution in [0.1, 0.15) is 57.3 Å². The highest BCUT2D eigenvalue weighted by Gasteiger charge is 2.39. The Morgan fingerprint density at radius 1 is 1.19 bits per heavy atom. The predicted octanol–water partition coefficient (Wildman–Crippen LogP) is 3.21. The van der Waals surface area contributed by atoms with Gasteiger partial charge in [-0.1, -0.05) is 13.0 Å². The zero-order chi connectivity index (χ0) is 23.1. The highest BCUT2D eigenvalue weighted by atomic mass is 32.2. The molecular weight excluding hydrogens is 426 g/mol. The van der Waals surface area contributed by atoms with E-state index in [9.17, 15) is 13.2 Å². The smallest absolute Gasteiger partial charge is 0.281 e. The van der Waals surface area contributed by atoms with E-state index in [-0.39, 0.29) is 16.1 Å². The first kappa shape index (κ1) is 22.5. The normalized spacial score (nSPS) is 22.9. The van der Waals surface area contributed by atoms with E-state index < -0.39 is 15.9 Å². The fraction of sp³-hybridized carbons (Fsp3) is 0.522. The standard InChI is InChI=1S/C23H31N5O3S/c1-16-14-23(3,4)28(15-16)21-18(9-6-12-24-21)22(29)26-32(30,31)20-11-5-10-19(25-20)27-13-7-8-17(27)2/h5-6,9-12,16-17H,7-8,13-15H2,1-4H3,(H,26,29). The number of amides is 1. The summed E-state index contributed by atoms with van der Waals surface area (Å²) in [6.07, 6.45) is 4.69. The molecule has 9 heteroatoms. The average molecular weight is 458 g/mol. The number of sulfonamides is 1. The van der Waals surface area contributed by atoms with Crippen LogP contribution in [0.25, 0.3) is 0 Å². The van der Waals surface area contributed by atoms with E-state index >= 15 is 0 Å². The lowest BCUT2D eigenvalue weighted by molar-refractivity contribution is 0.0981. The molecule has 2 unspecified atom stereocenters. The van der Waals surface area contributed by atoms with Crippen molar-refractivity contribution in [2.75, 3.05) is 22.9 Å². The average Bonchev–Trinajstić information content (AvgIpc) is 3.28. The summed E-state index contributed by atoms with van der Waals surface area (Å²) in [5, 5.41) is -0.164. The summed E-state index contributed by atoms with van der Waals surface area (Å²) in [6, 6.07) is 8.44. The topological polar surface area (TPSA) is 95.5 Å². The van der Waals surface area contributed by atoms with Gasteiger partial charge >= 0.3 is 0 Å². The molecule has 2 saturated heterocycles. The second kappa shape index (κ2) is 8.35. The fourth-order valence-electron chi connectivity index (χ4n) is 4.97. The van der Waals surface area contributed by atoms with Crippen molar-refractivity contribution in [2.24, 2.45) is 5.92 Å². The Labute approximate surface area is 190 Å². The lowest BCUT2D eigenvalue weighted by atomic mass is 9.97. The van der Waals surface area contributed by atoms with E-state index in [1.54, 1.807) is 30.5 Å². The molecule has 4 rings (SSSR count). The van der Waals surface area contributed by atoms with Gasteiger partial charge in [-0.2, -0.15) is 8.42 Å². The van der Waals surface area contributed by atoms with E-state index in [0.29, 0.717) is 23.6 Å². The highest BCUT2D eigenvalue weighted by molar-refractivity contribution is 7.90. The molecule has 2 aromatic heterocycles. The van der Waals surface area contributed by atoms with Gasteiger partial charge in [-0.3, -0.25) is 4.79 Å². The van der Waals surface area contributed by atoms with E-state index in [1.165, 1.54) is 6.07 Å². The van der Waals surface area contributed by atoms with Gasteiger partial charge < -0.3 is 9.80 Å². The van der Waals surface area contributed by atoms with Crippen LogP contribution in [0.2, 0.25) is 0 Å². The van der Waals surface area contributed by atoms with Gasteiger partial charge in [0.05, 0.1) is 5.56 Å². The molecule has 2 atom stereocenters. The van der Waals surface area contributed by atoms with Crippen LogP contribution in [-0.4, -0.2) is 49.0 Å². The Balaban J connectivity index is 1.60. The van der Waals surface area contributed by atoms with Crippen molar-refractivity contribution >= 4 is 27.6 Å². The quantitative estimate of drug-likeness (QED) is 0.736. The van der Waals surface area contributed by atoms with Gasteiger partial charge in [-0.15, -0.1) is 0 Å². The molecule has 0 aromatic carbocycles. The largest absolute Gasteiger partial charge is 0.354 e. The lowest BCUT2D eigenvalue weighted by Crippen LogP contribution is -2.41. The first-order valence-electron chi connectivity index (χ1n) is 11.1. The molecule has 0 radical (unpaired) electrons. The zero-order valence-electron chi connectivity index (χ0n) is 19.1. The summed E-state index contributed by atoms with van der Waals surface area (Å²) in [5.74, 6) is 0.860. The van der Waals surface area contributed by atoms with Crippen molar-refractivity contribution in [3.8, 4) is 0 Å². The fourth-order valence-corrected chi connectivity index (χ4v) is 5.90. The van der Waals surface area contributed by atoms with Crippen LogP contribution >= 0.6 is 0 Å². The summed E-state index contributed by atoms with van der Waals surface area (Å²) in [5.41, 5.74) is 0.0619. The Bertz CT molecular complexity index is 1120. The molecule has 0 aliphatic carbocycles. The number of aromatic nitrogens is 2. The molecule has 1 N–H and O–H groups in total. The maximum Gasteiger partial charge on any atom is 0.281 e. The molecule has 8 nitrogen and oxygen atoms in total. The number of anilines is 2. The number of carbonyl (C=O) groups is 1. The van der Waals surface area contributed by atoms with Crippen molar-refractivity contribution in [3.63, 3.8) is 0 Å². The van der Waals surface area contributed by atoms with Crippen LogP contribution in [0.5, 0.6) is 0 Å². The van der Waals surface area contributed by atoms with Crippen molar-refractivity contribution in [2.45, 2.75) is 63.6 Å². The van der Waals surface area contributed by atoms with Gasteiger partial charge in [0.25, 0.3) is 15.9 Å². The third-order valence-corrected chi connectivity index (χ3v) is 7.65. The van der Waals surface area contributed by atoms with Crippen molar-refractivity contribution < 1.29 is 13.2 Å². The maximum atomic E-state index is 13.1. The molecule has 2 fully saturated rings. The molecule has 2 aliphatic heterocycles. The third kappa shape index (κ3) is 4.30. The minimum absolute atomic E-state index is 0.164. The van der Waals surface area contributed by atoms with E-state index in [1.807, 2.05) is 0 Å². The van der Waals surface area contributed by atoms with Crippen molar-refractivity contribution in [1.29, 1.82) is 0 Å². The van der Waals surface area contributed by atoms with Crippen LogP contribution in [0, 0.1) is 5.92 Å². The number of pyridine rings is 2. The van der Waals surface area contributed by atoms with E-state index in [2.05, 4.69) is 52.2 Å². The second-order valence-electron chi connectivity index (χ2n) is 9.56. The molecule has 4 heterocycles. The van der Waals surface area contributed by atoms with E-state index in [0.717, 1.165) is 32.4 Å². The molecule has 2 aliphatic rings. The molecule has 1 amide bonds. The number of carbonyl (C=O) groups excluding carboxylic acids is 1. The van der Waals surface area contributed by atoms with E-state index in [4.69, 9.17) is 0 Å². The minimum atomic E-state index is -4.14. The van der Waals surface area contributed by atoms with Gasteiger partial charge in [0.2, 0.25) is 0 Å². The number of hydrogen-bond acceptors (Lipinski definition) is 7. The summed E-state index contributed by atoms with van der Waals surface area (Å²) in [6.45, 7) is 10.1. The molecule has 2 aromatic rings. The molecule has 0 bridgehead atoms.